The number of hydrogen-bond acceptors (Lipinski definition) is 6. The summed E-state index contributed by atoms with van der Waals surface area (Å²) in [5.74, 6) is 3.00. The van der Waals surface area contributed by atoms with E-state index >= 15 is 0 Å². The van der Waals surface area contributed by atoms with Gasteiger partial charge in [0.2, 0.25) is 11.9 Å². The molecule has 2 fully saturated rings. The Hall–Kier alpha value is -2.57. The summed E-state index contributed by atoms with van der Waals surface area (Å²) >= 11 is 0. The second-order valence-electron chi connectivity index (χ2n) is 8.65. The van der Waals surface area contributed by atoms with Gasteiger partial charge in [0.05, 0.1) is 17.5 Å². The lowest BCUT2D eigenvalue weighted by Gasteiger charge is -2.36. The van der Waals surface area contributed by atoms with Crippen molar-refractivity contribution in [2.45, 2.75) is 45.4 Å². The van der Waals surface area contributed by atoms with E-state index in [9.17, 15) is 4.79 Å². The summed E-state index contributed by atoms with van der Waals surface area (Å²) in [6.45, 7) is 4.55. The van der Waals surface area contributed by atoms with Crippen molar-refractivity contribution in [3.05, 3.63) is 18.2 Å². The van der Waals surface area contributed by atoms with Gasteiger partial charge in [-0.2, -0.15) is 4.98 Å². The number of nitrogens with zero attached hydrogens (tertiary/aromatic N) is 3. The highest BCUT2D eigenvalue weighted by atomic mass is 16.5. The van der Waals surface area contributed by atoms with E-state index in [0.29, 0.717) is 40.9 Å². The molecule has 4 rings (SSSR count). The summed E-state index contributed by atoms with van der Waals surface area (Å²) in [5.41, 5.74) is 12.4. The van der Waals surface area contributed by atoms with Crippen LogP contribution in [0.1, 0.15) is 45.4 Å². The molecule has 2 heterocycles. The van der Waals surface area contributed by atoms with Gasteiger partial charge in [-0.15, -0.1) is 0 Å². The fourth-order valence-electron chi connectivity index (χ4n) is 4.61. The summed E-state index contributed by atoms with van der Waals surface area (Å²) < 4.78 is 6.10. The minimum absolute atomic E-state index is 0.164. The van der Waals surface area contributed by atoms with E-state index < -0.39 is 0 Å². The van der Waals surface area contributed by atoms with Crippen molar-refractivity contribution in [1.29, 1.82) is 0 Å². The van der Waals surface area contributed by atoms with E-state index in [0.717, 1.165) is 44.7 Å². The van der Waals surface area contributed by atoms with E-state index in [2.05, 4.69) is 21.8 Å². The molecule has 156 valence electrons. The second kappa shape index (κ2) is 8.43. The molecule has 0 radical (unpaired) electrons. The topological polar surface area (TPSA) is 107 Å². The van der Waals surface area contributed by atoms with E-state index in [-0.39, 0.29) is 11.9 Å². The summed E-state index contributed by atoms with van der Waals surface area (Å²) in [6.07, 6.45) is 6.42. The Morgan fingerprint density at radius 3 is 2.55 bits per heavy atom. The monoisotopic (exact) mass is 397 g/mol. The molecule has 1 aliphatic heterocycles. The molecule has 4 N–H and O–H groups in total. The Morgan fingerprint density at radius 2 is 1.83 bits per heavy atom. The van der Waals surface area contributed by atoms with Crippen molar-refractivity contribution in [1.82, 2.24) is 14.9 Å². The summed E-state index contributed by atoms with van der Waals surface area (Å²) in [4.78, 5) is 23.2. The van der Waals surface area contributed by atoms with Crippen LogP contribution in [0, 0.1) is 17.8 Å². The second-order valence-corrected chi connectivity index (χ2v) is 8.65. The van der Waals surface area contributed by atoms with E-state index in [1.165, 1.54) is 12.8 Å². The molecule has 0 unspecified atom stereocenters. The maximum absolute atomic E-state index is 12.8. The third-order valence-corrected chi connectivity index (χ3v) is 6.50. The van der Waals surface area contributed by atoms with Gasteiger partial charge in [0, 0.05) is 19.0 Å². The molecule has 1 saturated carbocycles. The van der Waals surface area contributed by atoms with Crippen molar-refractivity contribution in [2.75, 3.05) is 31.2 Å². The summed E-state index contributed by atoms with van der Waals surface area (Å²) in [7, 11) is 0. The SMILES string of the molecule is CC1CCC(C(=O)N2CCC(COc3cccc4nc(N)nc(N)c34)CC2)CC1. The number of amides is 1. The van der Waals surface area contributed by atoms with Crippen LogP contribution < -0.4 is 16.2 Å². The molecule has 29 heavy (non-hydrogen) atoms. The highest BCUT2D eigenvalue weighted by Crippen LogP contribution is 2.32. The van der Waals surface area contributed by atoms with Gasteiger partial charge in [-0.3, -0.25) is 4.79 Å². The van der Waals surface area contributed by atoms with Crippen molar-refractivity contribution >= 4 is 28.6 Å². The Kier molecular flexibility index (Phi) is 5.74. The summed E-state index contributed by atoms with van der Waals surface area (Å²) in [5, 5.41) is 0.709. The number of nitrogen functional groups attached to an aromatic ring is 2. The van der Waals surface area contributed by atoms with Crippen LogP contribution in [0.15, 0.2) is 18.2 Å². The van der Waals surface area contributed by atoms with Crippen molar-refractivity contribution in [3.8, 4) is 5.75 Å². The Bertz CT molecular complexity index is 871. The third-order valence-electron chi connectivity index (χ3n) is 6.50. The van der Waals surface area contributed by atoms with E-state index in [1.54, 1.807) is 0 Å². The largest absolute Gasteiger partial charge is 0.492 e. The fourth-order valence-corrected chi connectivity index (χ4v) is 4.61. The van der Waals surface area contributed by atoms with Crippen LogP contribution in [-0.2, 0) is 4.79 Å². The molecule has 0 spiro atoms. The van der Waals surface area contributed by atoms with Gasteiger partial charge >= 0.3 is 0 Å². The first-order valence-corrected chi connectivity index (χ1v) is 10.7. The molecule has 7 heteroatoms. The Balaban J connectivity index is 1.32. The maximum atomic E-state index is 12.8. The van der Waals surface area contributed by atoms with Gasteiger partial charge < -0.3 is 21.1 Å². The van der Waals surface area contributed by atoms with Gasteiger partial charge in [0.15, 0.2) is 0 Å². The molecular formula is C22H31N5O2. The molecule has 1 saturated heterocycles. The minimum Gasteiger partial charge on any atom is -0.492 e. The lowest BCUT2D eigenvalue weighted by Crippen LogP contribution is -2.43. The van der Waals surface area contributed by atoms with Crippen LogP contribution in [-0.4, -0.2) is 40.5 Å². The number of rotatable bonds is 4. The van der Waals surface area contributed by atoms with Gasteiger partial charge in [0.25, 0.3) is 0 Å². The standard InChI is InChI=1S/C22H31N5O2/c1-14-5-7-16(8-6-14)21(28)27-11-9-15(10-12-27)13-29-18-4-2-3-17-19(18)20(23)26-22(24)25-17/h2-4,14-16H,5-13H2,1H3,(H4,23,24,25,26). The predicted molar refractivity (Wildman–Crippen MR) is 114 cm³/mol. The first-order chi connectivity index (χ1) is 14.0. The molecule has 1 aliphatic carbocycles. The average molecular weight is 398 g/mol. The van der Waals surface area contributed by atoms with Gasteiger partial charge in [0.1, 0.15) is 11.6 Å². The number of benzene rings is 1. The van der Waals surface area contributed by atoms with Gasteiger partial charge in [-0.25, -0.2) is 4.98 Å². The number of anilines is 2. The molecule has 0 bridgehead atoms. The smallest absolute Gasteiger partial charge is 0.225 e. The normalized spacial score (nSPS) is 23.3. The highest BCUT2D eigenvalue weighted by molar-refractivity contribution is 5.94. The quantitative estimate of drug-likeness (QED) is 0.820. The highest BCUT2D eigenvalue weighted by Gasteiger charge is 2.30. The number of nitrogens with two attached hydrogens (primary N) is 2. The minimum atomic E-state index is 0.164. The van der Waals surface area contributed by atoms with Crippen molar-refractivity contribution in [3.63, 3.8) is 0 Å². The Labute approximate surface area is 171 Å². The van der Waals surface area contributed by atoms with Crippen LogP contribution >= 0.6 is 0 Å². The molecule has 1 amide bonds. The molecule has 2 aromatic rings. The molecular weight excluding hydrogens is 366 g/mol. The zero-order chi connectivity index (χ0) is 20.4. The molecule has 0 atom stereocenters. The van der Waals surface area contributed by atoms with Crippen LogP contribution in [0.3, 0.4) is 0 Å². The zero-order valence-corrected chi connectivity index (χ0v) is 17.1. The Morgan fingerprint density at radius 1 is 1.10 bits per heavy atom. The lowest BCUT2D eigenvalue weighted by molar-refractivity contribution is -0.138. The van der Waals surface area contributed by atoms with Crippen LogP contribution in [0.2, 0.25) is 0 Å². The molecule has 2 aliphatic rings. The van der Waals surface area contributed by atoms with Crippen molar-refractivity contribution < 1.29 is 9.53 Å². The number of ether oxygens (including phenoxy) is 1. The number of fused-ring (bicyclic) bond motifs is 1. The molecule has 1 aromatic carbocycles. The third kappa shape index (κ3) is 4.38. The number of likely N-dealkylation sites (tertiary alicyclic amines) is 1. The molecule has 1 aromatic heterocycles. The van der Waals surface area contributed by atoms with E-state index in [4.69, 9.17) is 16.2 Å². The number of carbonyl (C=O) groups is 1. The molecule has 7 nitrogen and oxygen atoms in total. The van der Waals surface area contributed by atoms with Crippen LogP contribution in [0.4, 0.5) is 11.8 Å². The number of aromatic nitrogens is 2. The van der Waals surface area contributed by atoms with Gasteiger partial charge in [-0.1, -0.05) is 13.0 Å². The zero-order valence-electron chi connectivity index (χ0n) is 17.1. The number of piperidine rings is 1. The van der Waals surface area contributed by atoms with Gasteiger partial charge in [-0.05, 0) is 62.5 Å². The maximum Gasteiger partial charge on any atom is 0.225 e. The number of hydrogen-bond donors (Lipinski definition) is 2. The first kappa shape index (κ1) is 19.7. The van der Waals surface area contributed by atoms with E-state index in [1.807, 2.05) is 18.2 Å². The average Bonchev–Trinajstić information content (AvgIpc) is 2.72. The fraction of sp³-hybridized carbons (Fsp3) is 0.591. The predicted octanol–water partition coefficient (Wildman–Crippen LogP) is 3.24. The van der Waals surface area contributed by atoms with Crippen LogP contribution in [0.5, 0.6) is 5.75 Å². The number of carbonyl (C=O) groups excluding carboxylic acids is 1. The lowest BCUT2D eigenvalue weighted by atomic mass is 9.82. The van der Waals surface area contributed by atoms with Crippen molar-refractivity contribution in [2.24, 2.45) is 17.8 Å². The van der Waals surface area contributed by atoms with Crippen LogP contribution in [0.25, 0.3) is 10.9 Å². The first-order valence-electron chi connectivity index (χ1n) is 10.7. The summed E-state index contributed by atoms with van der Waals surface area (Å²) in [6, 6.07) is 5.63.